The number of nitrogens with zero attached hydrogens (tertiary/aromatic N) is 3. The molecule has 0 atom stereocenters. The zero-order valence-corrected chi connectivity index (χ0v) is 16.7. The average molecular weight is 390 g/mol. The van der Waals surface area contributed by atoms with Crippen molar-refractivity contribution in [2.45, 2.75) is 13.0 Å². The van der Waals surface area contributed by atoms with E-state index in [2.05, 4.69) is 32.0 Å². The number of H-pyrrole nitrogens is 1. The summed E-state index contributed by atoms with van der Waals surface area (Å²) in [5.41, 5.74) is 4.54. The number of nitrogens with one attached hydrogen (secondary N) is 1. The molecule has 0 saturated carbocycles. The van der Waals surface area contributed by atoms with E-state index >= 15 is 0 Å². The molecule has 4 aromatic rings. The Hall–Kier alpha value is -3.48. The molecule has 0 aliphatic carbocycles. The molecule has 2 aromatic heterocycles. The van der Waals surface area contributed by atoms with E-state index in [1.165, 1.54) is 16.6 Å². The van der Waals surface area contributed by atoms with Crippen LogP contribution in [-0.2, 0) is 13.0 Å². The Balaban J connectivity index is 1.60. The lowest BCUT2D eigenvalue weighted by atomic mass is 10.0. The van der Waals surface area contributed by atoms with Crippen molar-refractivity contribution in [3.8, 4) is 17.2 Å². The van der Waals surface area contributed by atoms with Gasteiger partial charge in [0.25, 0.3) is 0 Å². The number of benzene rings is 2. The molecule has 1 aliphatic rings. The highest BCUT2D eigenvalue weighted by atomic mass is 16.5. The molecule has 0 unspecified atom stereocenters. The summed E-state index contributed by atoms with van der Waals surface area (Å²) in [5.74, 6) is 3.10. The van der Waals surface area contributed by atoms with Crippen LogP contribution in [0.4, 0.5) is 5.82 Å². The predicted molar refractivity (Wildman–Crippen MR) is 112 cm³/mol. The fourth-order valence-electron chi connectivity index (χ4n) is 4.12. The maximum atomic E-state index is 5.50. The van der Waals surface area contributed by atoms with Gasteiger partial charge in [-0.2, -0.15) is 0 Å². The number of rotatable bonds is 4. The minimum Gasteiger partial charge on any atom is -0.497 e. The van der Waals surface area contributed by atoms with Gasteiger partial charge in [0.1, 0.15) is 17.9 Å². The summed E-state index contributed by atoms with van der Waals surface area (Å²) >= 11 is 0. The monoisotopic (exact) mass is 390 g/mol. The van der Waals surface area contributed by atoms with Crippen LogP contribution in [0.25, 0.3) is 21.8 Å². The number of hydrogen-bond acceptors (Lipinski definition) is 6. The molecule has 1 N–H and O–H groups in total. The van der Waals surface area contributed by atoms with Crippen molar-refractivity contribution in [1.82, 2.24) is 15.0 Å². The Morgan fingerprint density at radius 2 is 1.76 bits per heavy atom. The number of anilines is 1. The van der Waals surface area contributed by atoms with Crippen molar-refractivity contribution in [2.75, 3.05) is 32.8 Å². The van der Waals surface area contributed by atoms with Crippen LogP contribution in [0.1, 0.15) is 11.3 Å². The van der Waals surface area contributed by atoms with E-state index < -0.39 is 0 Å². The molecular weight excluding hydrogens is 368 g/mol. The van der Waals surface area contributed by atoms with Gasteiger partial charge < -0.3 is 24.1 Å². The molecule has 5 rings (SSSR count). The first-order valence-corrected chi connectivity index (χ1v) is 9.51. The number of aromatic nitrogens is 3. The first kappa shape index (κ1) is 17.6. The van der Waals surface area contributed by atoms with Gasteiger partial charge in [0.15, 0.2) is 11.5 Å². The summed E-state index contributed by atoms with van der Waals surface area (Å²) in [6.45, 7) is 1.64. The molecule has 0 fully saturated rings. The van der Waals surface area contributed by atoms with Crippen molar-refractivity contribution >= 4 is 27.6 Å². The van der Waals surface area contributed by atoms with E-state index in [1.807, 2.05) is 18.2 Å². The van der Waals surface area contributed by atoms with Gasteiger partial charge in [0, 0.05) is 53.1 Å². The molecule has 0 saturated heterocycles. The second-order valence-corrected chi connectivity index (χ2v) is 7.09. The fourth-order valence-corrected chi connectivity index (χ4v) is 4.12. The Morgan fingerprint density at radius 3 is 2.55 bits per heavy atom. The van der Waals surface area contributed by atoms with Crippen molar-refractivity contribution in [1.29, 1.82) is 0 Å². The predicted octanol–water partition coefficient (Wildman–Crippen LogP) is 3.70. The molecule has 0 amide bonds. The minimum atomic E-state index is 0.661. The maximum absolute atomic E-state index is 5.50. The Morgan fingerprint density at radius 1 is 0.931 bits per heavy atom. The van der Waals surface area contributed by atoms with Crippen LogP contribution in [0.15, 0.2) is 36.7 Å². The molecule has 1 aliphatic heterocycles. The average Bonchev–Trinajstić information content (AvgIpc) is 3.14. The molecular formula is C22H22N4O3. The molecule has 29 heavy (non-hydrogen) atoms. The van der Waals surface area contributed by atoms with Gasteiger partial charge >= 0.3 is 0 Å². The number of aromatic amines is 1. The summed E-state index contributed by atoms with van der Waals surface area (Å²) in [5, 5.41) is 2.15. The third-order valence-corrected chi connectivity index (χ3v) is 5.60. The Labute approximate surface area is 168 Å². The maximum Gasteiger partial charge on any atom is 0.162 e. The van der Waals surface area contributed by atoms with Crippen LogP contribution in [0, 0.1) is 0 Å². The minimum absolute atomic E-state index is 0.661. The summed E-state index contributed by atoms with van der Waals surface area (Å²) in [6, 6.07) is 10.0. The second kappa shape index (κ2) is 6.84. The molecule has 0 radical (unpaired) electrons. The molecule has 148 valence electrons. The fraction of sp³-hybridized carbons (Fsp3) is 0.273. The van der Waals surface area contributed by atoms with Crippen molar-refractivity contribution in [3.63, 3.8) is 0 Å². The van der Waals surface area contributed by atoms with Crippen LogP contribution in [0.5, 0.6) is 17.2 Å². The van der Waals surface area contributed by atoms with Crippen LogP contribution in [0.3, 0.4) is 0 Å². The molecule has 7 nitrogen and oxygen atoms in total. The lowest BCUT2D eigenvalue weighted by molar-refractivity contribution is 0.356. The van der Waals surface area contributed by atoms with Crippen LogP contribution < -0.4 is 19.1 Å². The Kier molecular flexibility index (Phi) is 4.16. The summed E-state index contributed by atoms with van der Waals surface area (Å²) in [4.78, 5) is 14.9. The summed E-state index contributed by atoms with van der Waals surface area (Å²) in [7, 11) is 4.96. The third-order valence-electron chi connectivity index (χ3n) is 5.60. The van der Waals surface area contributed by atoms with Crippen LogP contribution in [0.2, 0.25) is 0 Å². The second-order valence-electron chi connectivity index (χ2n) is 7.09. The van der Waals surface area contributed by atoms with E-state index in [0.717, 1.165) is 47.5 Å². The number of ether oxygens (including phenoxy) is 3. The summed E-state index contributed by atoms with van der Waals surface area (Å²) < 4.78 is 16.3. The first-order chi connectivity index (χ1) is 14.2. The zero-order chi connectivity index (χ0) is 20.0. The zero-order valence-electron chi connectivity index (χ0n) is 16.7. The number of hydrogen-bond donors (Lipinski definition) is 1. The largest absolute Gasteiger partial charge is 0.497 e. The van der Waals surface area contributed by atoms with Crippen LogP contribution >= 0.6 is 0 Å². The van der Waals surface area contributed by atoms with E-state index in [4.69, 9.17) is 14.2 Å². The van der Waals surface area contributed by atoms with Gasteiger partial charge in [0.2, 0.25) is 0 Å². The van der Waals surface area contributed by atoms with Gasteiger partial charge in [-0.15, -0.1) is 0 Å². The van der Waals surface area contributed by atoms with Crippen molar-refractivity contribution in [3.05, 3.63) is 47.9 Å². The molecule has 3 heterocycles. The van der Waals surface area contributed by atoms with E-state index in [-0.39, 0.29) is 0 Å². The van der Waals surface area contributed by atoms with Gasteiger partial charge in [-0.3, -0.25) is 0 Å². The van der Waals surface area contributed by atoms with Gasteiger partial charge in [0.05, 0.1) is 26.8 Å². The van der Waals surface area contributed by atoms with Crippen molar-refractivity contribution < 1.29 is 14.2 Å². The highest BCUT2D eigenvalue weighted by Gasteiger charge is 2.24. The lowest BCUT2D eigenvalue weighted by Crippen LogP contribution is -2.31. The molecule has 2 aromatic carbocycles. The number of fused-ring (bicyclic) bond motifs is 4. The van der Waals surface area contributed by atoms with Crippen molar-refractivity contribution in [2.24, 2.45) is 0 Å². The van der Waals surface area contributed by atoms with E-state index in [9.17, 15) is 0 Å². The molecule has 0 spiro atoms. The summed E-state index contributed by atoms with van der Waals surface area (Å²) in [6.07, 6.45) is 2.53. The smallest absolute Gasteiger partial charge is 0.162 e. The van der Waals surface area contributed by atoms with Gasteiger partial charge in [-0.25, -0.2) is 9.97 Å². The standard InChI is InChI=1S/C22H22N4O3/c1-27-13-4-5-17-14(8-13)16-11-26(7-6-18(16)25-17)22-15-9-20(28-2)21(29-3)10-19(15)23-12-24-22/h4-5,8-10,12,25H,6-7,11H2,1-3H3. The van der Waals surface area contributed by atoms with E-state index in [1.54, 1.807) is 27.7 Å². The Bertz CT molecular complexity index is 1220. The quantitative estimate of drug-likeness (QED) is 0.573. The first-order valence-electron chi connectivity index (χ1n) is 9.51. The molecule has 0 bridgehead atoms. The molecule has 7 heteroatoms. The third kappa shape index (κ3) is 2.81. The van der Waals surface area contributed by atoms with Gasteiger partial charge in [-0.1, -0.05) is 0 Å². The van der Waals surface area contributed by atoms with E-state index in [0.29, 0.717) is 11.5 Å². The normalized spacial score (nSPS) is 13.6. The lowest BCUT2D eigenvalue weighted by Gasteiger charge is -2.29. The highest BCUT2D eigenvalue weighted by Crippen LogP contribution is 2.37. The topological polar surface area (TPSA) is 72.5 Å². The SMILES string of the molecule is COc1ccc2[nH]c3c(c2c1)CN(c1ncnc2cc(OC)c(OC)cc12)CC3. The number of methoxy groups -OCH3 is 3. The highest BCUT2D eigenvalue weighted by molar-refractivity contribution is 5.93. The van der Waals surface area contributed by atoms with Crippen LogP contribution in [-0.4, -0.2) is 42.8 Å². The van der Waals surface area contributed by atoms with Gasteiger partial charge in [-0.05, 0) is 24.3 Å².